The summed E-state index contributed by atoms with van der Waals surface area (Å²) in [5.74, 6) is 0.636. The molecule has 1 aromatic carbocycles. The fourth-order valence-electron chi connectivity index (χ4n) is 1.54. The highest BCUT2D eigenvalue weighted by molar-refractivity contribution is 5.79. The van der Waals surface area contributed by atoms with E-state index in [4.69, 9.17) is 4.74 Å². The van der Waals surface area contributed by atoms with Gasteiger partial charge < -0.3 is 4.74 Å². The molecule has 2 rings (SSSR count). The molecule has 0 spiro atoms. The maximum absolute atomic E-state index is 10.8. The third kappa shape index (κ3) is 3.14. The van der Waals surface area contributed by atoms with Crippen LogP contribution in [0.5, 0.6) is 5.75 Å². The van der Waals surface area contributed by atoms with Crippen LogP contribution in [0, 0.1) is 0 Å². The number of carbonyl (C=O) groups excluding carboxylic acids is 1. The van der Waals surface area contributed by atoms with E-state index in [1.807, 2.05) is 24.3 Å². The van der Waals surface area contributed by atoms with E-state index in [2.05, 4.69) is 4.98 Å². The van der Waals surface area contributed by atoms with Gasteiger partial charge in [-0.05, 0) is 29.8 Å². The second kappa shape index (κ2) is 5.80. The molecular formula is C14H13NO2. The summed E-state index contributed by atoms with van der Waals surface area (Å²) in [7, 11) is 0. The normalized spacial score (nSPS) is 9.88. The topological polar surface area (TPSA) is 39.2 Å². The minimum Gasteiger partial charge on any atom is -0.492 e. The predicted octanol–water partition coefficient (Wildman–Crippen LogP) is 2.52. The molecule has 0 fully saturated rings. The van der Waals surface area contributed by atoms with E-state index in [0.717, 1.165) is 12.7 Å². The molecule has 0 aliphatic carbocycles. The molecule has 86 valence electrons. The van der Waals surface area contributed by atoms with Crippen LogP contribution in [-0.4, -0.2) is 17.9 Å². The minimum absolute atomic E-state index is 0.550. The summed E-state index contributed by atoms with van der Waals surface area (Å²) >= 11 is 0. The second-order valence-electron chi connectivity index (χ2n) is 3.61. The van der Waals surface area contributed by atoms with Crippen LogP contribution in [0.3, 0.4) is 0 Å². The summed E-state index contributed by atoms with van der Waals surface area (Å²) in [5, 5.41) is 0. The van der Waals surface area contributed by atoms with Crippen LogP contribution in [0.4, 0.5) is 0 Å². The number of nitrogens with zero attached hydrogens (tertiary/aromatic N) is 1. The van der Waals surface area contributed by atoms with Crippen molar-refractivity contribution in [2.45, 2.75) is 6.42 Å². The molecule has 3 heteroatoms. The number of aromatic nitrogens is 1. The van der Waals surface area contributed by atoms with E-state index in [-0.39, 0.29) is 0 Å². The van der Waals surface area contributed by atoms with E-state index in [1.165, 1.54) is 5.56 Å². The quantitative estimate of drug-likeness (QED) is 0.737. The Morgan fingerprint density at radius 3 is 2.65 bits per heavy atom. The van der Waals surface area contributed by atoms with Crippen LogP contribution in [-0.2, 0) is 6.42 Å². The smallest absolute Gasteiger partial charge is 0.153 e. The monoisotopic (exact) mass is 227 g/mol. The van der Waals surface area contributed by atoms with Crippen LogP contribution in [0.1, 0.15) is 15.9 Å². The van der Waals surface area contributed by atoms with Crippen molar-refractivity contribution in [3.63, 3.8) is 0 Å². The molecule has 0 saturated heterocycles. The first-order valence-corrected chi connectivity index (χ1v) is 5.46. The van der Waals surface area contributed by atoms with Gasteiger partial charge in [0.15, 0.2) is 6.29 Å². The summed E-state index contributed by atoms with van der Waals surface area (Å²) in [6.45, 7) is 0.550. The maximum atomic E-state index is 10.8. The number of ether oxygens (including phenoxy) is 1. The number of para-hydroxylation sites is 1. The van der Waals surface area contributed by atoms with E-state index in [1.54, 1.807) is 24.5 Å². The average molecular weight is 227 g/mol. The zero-order chi connectivity index (χ0) is 11.9. The summed E-state index contributed by atoms with van der Waals surface area (Å²) in [4.78, 5) is 14.7. The van der Waals surface area contributed by atoms with Gasteiger partial charge in [-0.25, -0.2) is 0 Å². The number of benzene rings is 1. The summed E-state index contributed by atoms with van der Waals surface area (Å²) in [6, 6.07) is 11.1. The van der Waals surface area contributed by atoms with E-state index < -0.39 is 0 Å². The first kappa shape index (κ1) is 11.3. The Labute approximate surface area is 100 Å². The molecular weight excluding hydrogens is 214 g/mol. The third-order valence-electron chi connectivity index (χ3n) is 2.44. The Morgan fingerprint density at radius 2 is 1.88 bits per heavy atom. The number of pyridine rings is 1. The van der Waals surface area contributed by atoms with Crippen molar-refractivity contribution in [3.8, 4) is 5.75 Å². The lowest BCUT2D eigenvalue weighted by Crippen LogP contribution is -2.03. The van der Waals surface area contributed by atoms with Gasteiger partial charge in [0.05, 0.1) is 12.2 Å². The van der Waals surface area contributed by atoms with Gasteiger partial charge in [0.25, 0.3) is 0 Å². The van der Waals surface area contributed by atoms with Crippen molar-refractivity contribution in [1.82, 2.24) is 4.98 Å². The molecule has 3 nitrogen and oxygen atoms in total. The van der Waals surface area contributed by atoms with Gasteiger partial charge in [-0.1, -0.05) is 12.1 Å². The molecule has 0 N–H and O–H groups in total. The van der Waals surface area contributed by atoms with Gasteiger partial charge in [-0.3, -0.25) is 9.78 Å². The maximum Gasteiger partial charge on any atom is 0.153 e. The number of hydrogen-bond acceptors (Lipinski definition) is 3. The van der Waals surface area contributed by atoms with Crippen LogP contribution in [0.15, 0.2) is 48.8 Å². The van der Waals surface area contributed by atoms with Gasteiger partial charge >= 0.3 is 0 Å². The molecule has 17 heavy (non-hydrogen) atoms. The van der Waals surface area contributed by atoms with E-state index >= 15 is 0 Å². The Kier molecular flexibility index (Phi) is 3.86. The standard InChI is InChI=1S/C14H13NO2/c16-11-13-3-1-2-4-14(13)17-10-7-12-5-8-15-9-6-12/h1-6,8-9,11H,7,10H2. The van der Waals surface area contributed by atoms with Gasteiger partial charge in [-0.15, -0.1) is 0 Å². The summed E-state index contributed by atoms with van der Waals surface area (Å²) in [5.41, 5.74) is 1.76. The summed E-state index contributed by atoms with van der Waals surface area (Å²) < 4.78 is 5.58. The number of aldehydes is 1. The molecule has 1 heterocycles. The molecule has 0 atom stereocenters. The Hall–Kier alpha value is -2.16. The molecule has 0 amide bonds. The van der Waals surface area contributed by atoms with Crippen LogP contribution >= 0.6 is 0 Å². The lowest BCUT2D eigenvalue weighted by atomic mass is 10.2. The lowest BCUT2D eigenvalue weighted by molar-refractivity contribution is 0.111. The zero-order valence-electron chi connectivity index (χ0n) is 9.37. The minimum atomic E-state index is 0.550. The lowest BCUT2D eigenvalue weighted by Gasteiger charge is -2.07. The number of hydrogen-bond donors (Lipinski definition) is 0. The zero-order valence-corrected chi connectivity index (χ0v) is 9.37. The van der Waals surface area contributed by atoms with Gasteiger partial charge in [0.2, 0.25) is 0 Å². The summed E-state index contributed by atoms with van der Waals surface area (Å²) in [6.07, 6.45) is 5.13. The second-order valence-corrected chi connectivity index (χ2v) is 3.61. The molecule has 0 unspecified atom stereocenters. The van der Waals surface area contributed by atoms with Gasteiger partial charge in [0, 0.05) is 18.8 Å². The highest BCUT2D eigenvalue weighted by atomic mass is 16.5. The molecule has 0 saturated carbocycles. The molecule has 0 aliphatic heterocycles. The average Bonchev–Trinajstić information content (AvgIpc) is 2.40. The van der Waals surface area contributed by atoms with E-state index in [0.29, 0.717) is 17.9 Å². The van der Waals surface area contributed by atoms with Gasteiger partial charge in [-0.2, -0.15) is 0 Å². The van der Waals surface area contributed by atoms with E-state index in [9.17, 15) is 4.79 Å². The first-order chi connectivity index (χ1) is 8.40. The van der Waals surface area contributed by atoms with Crippen LogP contribution in [0.2, 0.25) is 0 Å². The van der Waals surface area contributed by atoms with Crippen molar-refractivity contribution >= 4 is 6.29 Å². The SMILES string of the molecule is O=Cc1ccccc1OCCc1ccncc1. The van der Waals surface area contributed by atoms with Crippen molar-refractivity contribution in [1.29, 1.82) is 0 Å². The van der Waals surface area contributed by atoms with Crippen molar-refractivity contribution in [2.24, 2.45) is 0 Å². The molecule has 0 aliphatic rings. The van der Waals surface area contributed by atoms with Crippen molar-refractivity contribution in [3.05, 3.63) is 59.9 Å². The van der Waals surface area contributed by atoms with Crippen molar-refractivity contribution in [2.75, 3.05) is 6.61 Å². The predicted molar refractivity (Wildman–Crippen MR) is 65.3 cm³/mol. The van der Waals surface area contributed by atoms with Crippen molar-refractivity contribution < 1.29 is 9.53 Å². The Bertz CT molecular complexity index is 483. The highest BCUT2D eigenvalue weighted by Crippen LogP contribution is 2.15. The largest absolute Gasteiger partial charge is 0.492 e. The Morgan fingerprint density at radius 1 is 1.12 bits per heavy atom. The third-order valence-corrected chi connectivity index (χ3v) is 2.44. The number of rotatable bonds is 5. The van der Waals surface area contributed by atoms with Crippen LogP contribution in [0.25, 0.3) is 0 Å². The van der Waals surface area contributed by atoms with Crippen LogP contribution < -0.4 is 4.74 Å². The molecule has 2 aromatic rings. The highest BCUT2D eigenvalue weighted by Gasteiger charge is 2.01. The fraction of sp³-hybridized carbons (Fsp3) is 0.143. The molecule has 0 radical (unpaired) electrons. The number of carbonyl (C=O) groups is 1. The fourth-order valence-corrected chi connectivity index (χ4v) is 1.54. The first-order valence-electron chi connectivity index (χ1n) is 5.46. The molecule has 1 aromatic heterocycles. The molecule has 0 bridgehead atoms. The Balaban J connectivity index is 1.92. The van der Waals surface area contributed by atoms with Gasteiger partial charge in [0.1, 0.15) is 5.75 Å².